The average molecular weight is 263 g/mol. The van der Waals surface area contributed by atoms with Crippen molar-refractivity contribution in [2.75, 3.05) is 19.0 Å². The van der Waals surface area contributed by atoms with Gasteiger partial charge in [0.15, 0.2) is 5.82 Å². The van der Waals surface area contributed by atoms with Crippen LogP contribution >= 0.6 is 11.3 Å². The summed E-state index contributed by atoms with van der Waals surface area (Å²) < 4.78 is 5.57. The number of rotatable bonds is 5. The topological polar surface area (TPSA) is 47.0 Å². The molecular formula is C13H17N3OS. The van der Waals surface area contributed by atoms with Crippen LogP contribution in [0, 0.1) is 5.92 Å². The molecule has 18 heavy (non-hydrogen) atoms. The van der Waals surface area contributed by atoms with E-state index in [0.29, 0.717) is 5.92 Å². The van der Waals surface area contributed by atoms with E-state index >= 15 is 0 Å². The van der Waals surface area contributed by atoms with Gasteiger partial charge in [-0.05, 0) is 37.1 Å². The summed E-state index contributed by atoms with van der Waals surface area (Å²) in [5.74, 6) is 2.36. The lowest BCUT2D eigenvalue weighted by Gasteiger charge is -2.14. The van der Waals surface area contributed by atoms with Crippen molar-refractivity contribution in [3.8, 4) is 0 Å². The van der Waals surface area contributed by atoms with Crippen molar-refractivity contribution < 1.29 is 4.74 Å². The summed E-state index contributed by atoms with van der Waals surface area (Å²) in [5.41, 5.74) is 0. The first-order valence-corrected chi connectivity index (χ1v) is 7.23. The summed E-state index contributed by atoms with van der Waals surface area (Å²) in [5, 5.41) is 6.48. The Kier molecular flexibility index (Phi) is 3.18. The molecule has 0 aromatic carbocycles. The highest BCUT2D eigenvalue weighted by Gasteiger charge is 2.34. The Hall–Kier alpha value is -1.20. The molecule has 2 heterocycles. The maximum absolute atomic E-state index is 5.57. The van der Waals surface area contributed by atoms with Crippen molar-refractivity contribution in [2.45, 2.75) is 25.9 Å². The highest BCUT2D eigenvalue weighted by atomic mass is 32.1. The molecule has 1 aliphatic carbocycles. The molecule has 2 aromatic heterocycles. The van der Waals surface area contributed by atoms with E-state index in [4.69, 9.17) is 4.74 Å². The van der Waals surface area contributed by atoms with Gasteiger partial charge < -0.3 is 10.1 Å². The first-order valence-electron chi connectivity index (χ1n) is 6.35. The Bertz CT molecular complexity index is 550. The van der Waals surface area contributed by atoms with Gasteiger partial charge in [0, 0.05) is 13.7 Å². The van der Waals surface area contributed by atoms with Gasteiger partial charge in [-0.2, -0.15) is 0 Å². The highest BCUT2D eigenvalue weighted by Crippen LogP contribution is 2.42. The lowest BCUT2D eigenvalue weighted by Crippen LogP contribution is -2.11. The molecule has 96 valence electrons. The fourth-order valence-corrected chi connectivity index (χ4v) is 2.98. The molecule has 2 aromatic rings. The minimum Gasteiger partial charge on any atom is -0.373 e. The third kappa shape index (κ3) is 2.08. The number of fused-ring (bicyclic) bond motifs is 1. The van der Waals surface area contributed by atoms with Crippen molar-refractivity contribution in [1.29, 1.82) is 0 Å². The van der Waals surface area contributed by atoms with E-state index in [1.54, 1.807) is 18.4 Å². The average Bonchev–Trinajstić information content (AvgIpc) is 3.08. The fourth-order valence-electron chi connectivity index (χ4n) is 2.21. The van der Waals surface area contributed by atoms with Gasteiger partial charge in [0.1, 0.15) is 16.8 Å². The summed E-state index contributed by atoms with van der Waals surface area (Å²) in [6, 6.07) is 2.07. The van der Waals surface area contributed by atoms with Gasteiger partial charge in [-0.1, -0.05) is 0 Å². The molecular weight excluding hydrogens is 246 g/mol. The Balaban J connectivity index is 2.05. The molecule has 0 spiro atoms. The molecule has 5 heteroatoms. The molecule has 0 amide bonds. The molecule has 1 fully saturated rings. The van der Waals surface area contributed by atoms with Crippen LogP contribution in [-0.2, 0) is 4.74 Å². The fraction of sp³-hybridized carbons (Fsp3) is 0.538. The van der Waals surface area contributed by atoms with Gasteiger partial charge in [0.25, 0.3) is 0 Å². The van der Waals surface area contributed by atoms with Gasteiger partial charge >= 0.3 is 0 Å². The van der Waals surface area contributed by atoms with Crippen molar-refractivity contribution in [2.24, 2.45) is 5.92 Å². The first-order chi connectivity index (χ1) is 8.83. The normalized spacial score (nSPS) is 17.0. The summed E-state index contributed by atoms with van der Waals surface area (Å²) in [7, 11) is 1.75. The van der Waals surface area contributed by atoms with E-state index in [9.17, 15) is 0 Å². The predicted molar refractivity (Wildman–Crippen MR) is 74.1 cm³/mol. The lowest BCUT2D eigenvalue weighted by atomic mass is 10.2. The lowest BCUT2D eigenvalue weighted by molar-refractivity contribution is 0.0776. The van der Waals surface area contributed by atoms with Crippen LogP contribution in [0.4, 0.5) is 5.82 Å². The second kappa shape index (κ2) is 4.82. The molecule has 3 rings (SSSR count). The standard InChI is InChI=1S/C13H17N3OS/c1-3-14-11-9-6-7-18-13(9)16-12(15-11)10(17-2)8-4-5-8/h6-8,10H,3-5H2,1-2H3,(H,14,15,16). The minimum atomic E-state index is 0.0499. The van der Waals surface area contributed by atoms with Crippen LogP contribution in [0.25, 0.3) is 10.2 Å². The molecule has 1 aliphatic rings. The van der Waals surface area contributed by atoms with Crippen LogP contribution in [-0.4, -0.2) is 23.6 Å². The Morgan fingerprint density at radius 1 is 1.50 bits per heavy atom. The van der Waals surface area contributed by atoms with Gasteiger partial charge in [0.2, 0.25) is 0 Å². The van der Waals surface area contributed by atoms with Gasteiger partial charge in [0.05, 0.1) is 5.39 Å². The maximum Gasteiger partial charge on any atom is 0.161 e. The Morgan fingerprint density at radius 2 is 2.33 bits per heavy atom. The molecule has 4 nitrogen and oxygen atoms in total. The van der Waals surface area contributed by atoms with Crippen LogP contribution < -0.4 is 5.32 Å². The second-order valence-corrected chi connectivity index (χ2v) is 5.49. The largest absolute Gasteiger partial charge is 0.373 e. The zero-order chi connectivity index (χ0) is 12.5. The molecule has 1 unspecified atom stereocenters. The quantitative estimate of drug-likeness (QED) is 0.899. The van der Waals surface area contributed by atoms with Gasteiger partial charge in [-0.3, -0.25) is 0 Å². The Labute approximate surface area is 110 Å². The molecule has 0 bridgehead atoms. The summed E-state index contributed by atoms with van der Waals surface area (Å²) in [4.78, 5) is 10.3. The van der Waals surface area contributed by atoms with E-state index < -0.39 is 0 Å². The zero-order valence-corrected chi connectivity index (χ0v) is 11.5. The van der Waals surface area contributed by atoms with E-state index in [2.05, 4.69) is 33.7 Å². The molecule has 1 saturated carbocycles. The molecule has 0 aliphatic heterocycles. The third-order valence-corrected chi connectivity index (χ3v) is 4.05. The maximum atomic E-state index is 5.57. The predicted octanol–water partition coefficient (Wildman–Crippen LogP) is 3.22. The number of hydrogen-bond donors (Lipinski definition) is 1. The van der Waals surface area contributed by atoms with E-state index in [1.807, 2.05) is 0 Å². The van der Waals surface area contributed by atoms with Crippen molar-refractivity contribution in [1.82, 2.24) is 9.97 Å². The highest BCUT2D eigenvalue weighted by molar-refractivity contribution is 7.16. The SMILES string of the molecule is CCNc1nc(C(OC)C2CC2)nc2sccc12. The number of aromatic nitrogens is 2. The molecule has 1 N–H and O–H groups in total. The number of anilines is 1. The second-order valence-electron chi connectivity index (χ2n) is 4.59. The van der Waals surface area contributed by atoms with Crippen molar-refractivity contribution >= 4 is 27.4 Å². The van der Waals surface area contributed by atoms with Crippen LogP contribution in [0.2, 0.25) is 0 Å². The third-order valence-electron chi connectivity index (χ3n) is 3.25. The first kappa shape index (κ1) is 11.9. The van der Waals surface area contributed by atoms with Gasteiger partial charge in [-0.25, -0.2) is 9.97 Å². The molecule has 0 radical (unpaired) electrons. The number of thiophene rings is 1. The van der Waals surface area contributed by atoms with Gasteiger partial charge in [-0.15, -0.1) is 11.3 Å². The summed E-state index contributed by atoms with van der Waals surface area (Å²) >= 11 is 1.65. The Morgan fingerprint density at radius 3 is 3.00 bits per heavy atom. The van der Waals surface area contributed by atoms with Crippen LogP contribution in [0.1, 0.15) is 31.7 Å². The number of hydrogen-bond acceptors (Lipinski definition) is 5. The molecule has 0 saturated heterocycles. The monoisotopic (exact) mass is 263 g/mol. The van der Waals surface area contributed by atoms with Crippen molar-refractivity contribution in [3.05, 3.63) is 17.3 Å². The van der Waals surface area contributed by atoms with Crippen LogP contribution in [0.15, 0.2) is 11.4 Å². The number of ether oxygens (including phenoxy) is 1. The number of methoxy groups -OCH3 is 1. The van der Waals surface area contributed by atoms with E-state index in [-0.39, 0.29) is 6.10 Å². The van der Waals surface area contributed by atoms with Crippen molar-refractivity contribution in [3.63, 3.8) is 0 Å². The number of nitrogens with one attached hydrogen (secondary N) is 1. The van der Waals surface area contributed by atoms with E-state index in [0.717, 1.165) is 28.4 Å². The summed E-state index contributed by atoms with van der Waals surface area (Å²) in [6.07, 6.45) is 2.50. The van der Waals surface area contributed by atoms with Crippen LogP contribution in [0.3, 0.4) is 0 Å². The molecule has 1 atom stereocenters. The number of nitrogens with zero attached hydrogens (tertiary/aromatic N) is 2. The van der Waals surface area contributed by atoms with Crippen LogP contribution in [0.5, 0.6) is 0 Å². The minimum absolute atomic E-state index is 0.0499. The smallest absolute Gasteiger partial charge is 0.161 e. The van der Waals surface area contributed by atoms with E-state index in [1.165, 1.54) is 12.8 Å². The summed E-state index contributed by atoms with van der Waals surface area (Å²) in [6.45, 7) is 2.94. The zero-order valence-electron chi connectivity index (χ0n) is 10.6.